The van der Waals surface area contributed by atoms with Gasteiger partial charge in [0.1, 0.15) is 11.5 Å². The average molecular weight is 222 g/mol. The molecule has 0 aliphatic carbocycles. The zero-order valence-electron chi connectivity index (χ0n) is 6.80. The summed E-state index contributed by atoms with van der Waals surface area (Å²) in [5.41, 5.74) is 8.90. The van der Waals surface area contributed by atoms with Crippen LogP contribution in [0, 0.1) is 0 Å². The molecule has 14 heavy (non-hydrogen) atoms. The van der Waals surface area contributed by atoms with E-state index in [-0.39, 0.29) is 10.8 Å². The van der Waals surface area contributed by atoms with Gasteiger partial charge in [0, 0.05) is 0 Å². The van der Waals surface area contributed by atoms with Crippen molar-refractivity contribution in [3.8, 4) is 0 Å². The highest BCUT2D eigenvalue weighted by Crippen LogP contribution is 2.27. The van der Waals surface area contributed by atoms with Crippen molar-refractivity contribution in [1.82, 2.24) is 4.98 Å². The van der Waals surface area contributed by atoms with Gasteiger partial charge in [-0.3, -0.25) is 4.79 Å². The minimum Gasteiger partial charge on any atom is -0.382 e. The second-order valence-electron chi connectivity index (χ2n) is 2.46. The third-order valence-corrected chi connectivity index (χ3v) is 1.80. The van der Waals surface area contributed by atoms with Crippen molar-refractivity contribution in [2.24, 2.45) is 5.73 Å². The Morgan fingerprint density at radius 3 is 2.57 bits per heavy atom. The maximum absolute atomic E-state index is 12.4. The maximum Gasteiger partial charge on any atom is 0.267 e. The molecule has 0 unspecified atom stereocenters. The molecule has 1 rings (SSSR count). The first-order valence-corrected chi connectivity index (χ1v) is 3.85. The summed E-state index contributed by atoms with van der Waals surface area (Å²) in [5.74, 6) is -1.27. The topological polar surface area (TPSA) is 82.0 Å². The van der Waals surface area contributed by atoms with Gasteiger partial charge in [0.05, 0.1) is 10.6 Å². The molecule has 1 heterocycles. The number of pyridine rings is 1. The predicted molar refractivity (Wildman–Crippen MR) is 47.1 cm³/mol. The highest BCUT2D eigenvalue weighted by atomic mass is 35.5. The van der Waals surface area contributed by atoms with E-state index in [0.717, 1.165) is 6.07 Å². The van der Waals surface area contributed by atoms with Crippen LogP contribution in [0.15, 0.2) is 6.07 Å². The standard InChI is InChI=1S/C7H6ClF2N3O/c8-3-1-2(5(9)10)4(7(12)14)13-6(3)11/h1,5H,(H2,11,13)(H2,12,14). The van der Waals surface area contributed by atoms with Crippen LogP contribution in [-0.4, -0.2) is 10.9 Å². The Labute approximate surface area is 82.9 Å². The first kappa shape index (κ1) is 10.6. The van der Waals surface area contributed by atoms with Gasteiger partial charge in [0.2, 0.25) is 0 Å². The van der Waals surface area contributed by atoms with E-state index < -0.39 is 23.6 Å². The number of amides is 1. The molecule has 0 aromatic carbocycles. The fraction of sp³-hybridized carbons (Fsp3) is 0.143. The van der Waals surface area contributed by atoms with E-state index in [4.69, 9.17) is 23.1 Å². The van der Waals surface area contributed by atoms with Gasteiger partial charge in [0.15, 0.2) is 0 Å². The summed E-state index contributed by atoms with van der Waals surface area (Å²) in [6.07, 6.45) is -2.87. The summed E-state index contributed by atoms with van der Waals surface area (Å²) in [4.78, 5) is 14.1. The number of halogens is 3. The number of carbonyl (C=O) groups is 1. The number of primary amides is 1. The SMILES string of the molecule is NC(=O)c1nc(N)c(Cl)cc1C(F)F. The number of carbonyl (C=O) groups excluding carboxylic acids is 1. The van der Waals surface area contributed by atoms with Gasteiger partial charge in [-0.2, -0.15) is 0 Å². The smallest absolute Gasteiger partial charge is 0.267 e. The second kappa shape index (κ2) is 3.75. The van der Waals surface area contributed by atoms with Crippen molar-refractivity contribution in [3.63, 3.8) is 0 Å². The summed E-state index contributed by atoms with van der Waals surface area (Å²) in [6.45, 7) is 0. The number of aromatic nitrogens is 1. The Bertz CT molecular complexity index is 383. The molecule has 0 saturated carbocycles. The zero-order valence-corrected chi connectivity index (χ0v) is 7.55. The van der Waals surface area contributed by atoms with Crippen molar-refractivity contribution in [3.05, 3.63) is 22.3 Å². The maximum atomic E-state index is 12.4. The number of hydrogen-bond donors (Lipinski definition) is 2. The van der Waals surface area contributed by atoms with Gasteiger partial charge in [0.25, 0.3) is 12.3 Å². The van der Waals surface area contributed by atoms with Crippen LogP contribution >= 0.6 is 11.6 Å². The zero-order chi connectivity index (χ0) is 10.9. The molecule has 4 N–H and O–H groups in total. The molecule has 0 radical (unpaired) electrons. The van der Waals surface area contributed by atoms with Gasteiger partial charge in [-0.05, 0) is 6.07 Å². The summed E-state index contributed by atoms with van der Waals surface area (Å²) < 4.78 is 24.7. The van der Waals surface area contributed by atoms with E-state index in [1.165, 1.54) is 0 Å². The average Bonchev–Trinajstić information content (AvgIpc) is 2.08. The number of nitrogens with zero attached hydrogens (tertiary/aromatic N) is 1. The summed E-state index contributed by atoms with van der Waals surface area (Å²) >= 11 is 5.46. The van der Waals surface area contributed by atoms with E-state index in [1.807, 2.05) is 0 Å². The van der Waals surface area contributed by atoms with Gasteiger partial charge >= 0.3 is 0 Å². The quantitative estimate of drug-likeness (QED) is 0.791. The lowest BCUT2D eigenvalue weighted by Crippen LogP contribution is -2.17. The number of nitrogen functional groups attached to an aromatic ring is 1. The van der Waals surface area contributed by atoms with E-state index >= 15 is 0 Å². The fourth-order valence-electron chi connectivity index (χ4n) is 0.881. The van der Waals surface area contributed by atoms with E-state index in [0.29, 0.717) is 0 Å². The van der Waals surface area contributed by atoms with Crippen molar-refractivity contribution in [1.29, 1.82) is 0 Å². The van der Waals surface area contributed by atoms with Gasteiger partial charge < -0.3 is 11.5 Å². The molecular formula is C7H6ClF2N3O. The number of anilines is 1. The Kier molecular flexibility index (Phi) is 2.85. The van der Waals surface area contributed by atoms with Crippen molar-refractivity contribution in [2.45, 2.75) is 6.43 Å². The first-order chi connectivity index (χ1) is 6.43. The Morgan fingerprint density at radius 1 is 1.57 bits per heavy atom. The predicted octanol–water partition coefficient (Wildman–Crippen LogP) is 1.35. The number of hydrogen-bond acceptors (Lipinski definition) is 3. The van der Waals surface area contributed by atoms with Gasteiger partial charge in [-0.1, -0.05) is 11.6 Å². The second-order valence-corrected chi connectivity index (χ2v) is 2.87. The molecule has 0 bridgehead atoms. The largest absolute Gasteiger partial charge is 0.382 e. The lowest BCUT2D eigenvalue weighted by molar-refractivity contribution is 0.0980. The van der Waals surface area contributed by atoms with Crippen molar-refractivity contribution < 1.29 is 13.6 Å². The molecule has 1 amide bonds. The third kappa shape index (κ3) is 1.90. The van der Waals surface area contributed by atoms with Gasteiger partial charge in [-0.25, -0.2) is 13.8 Å². The lowest BCUT2D eigenvalue weighted by Gasteiger charge is -2.06. The van der Waals surface area contributed by atoms with E-state index in [2.05, 4.69) is 4.98 Å². The molecule has 0 fully saturated rings. The molecule has 0 spiro atoms. The Balaban J connectivity index is 3.39. The van der Waals surface area contributed by atoms with E-state index in [1.54, 1.807) is 0 Å². The number of rotatable bonds is 2. The Morgan fingerprint density at radius 2 is 2.14 bits per heavy atom. The molecule has 4 nitrogen and oxygen atoms in total. The molecule has 7 heteroatoms. The van der Waals surface area contributed by atoms with E-state index in [9.17, 15) is 13.6 Å². The number of nitrogens with two attached hydrogens (primary N) is 2. The summed E-state index contributed by atoms with van der Waals surface area (Å²) in [6, 6.07) is 0.884. The third-order valence-electron chi connectivity index (χ3n) is 1.50. The van der Waals surface area contributed by atoms with Crippen LogP contribution in [0.25, 0.3) is 0 Å². The molecule has 0 aliphatic rings. The molecule has 1 aromatic rings. The first-order valence-electron chi connectivity index (χ1n) is 3.47. The van der Waals surface area contributed by atoms with Crippen molar-refractivity contribution in [2.75, 3.05) is 5.73 Å². The highest BCUT2D eigenvalue weighted by Gasteiger charge is 2.20. The van der Waals surface area contributed by atoms with Crippen LogP contribution in [0.1, 0.15) is 22.5 Å². The minimum absolute atomic E-state index is 0.134. The van der Waals surface area contributed by atoms with Crippen LogP contribution in [0.4, 0.5) is 14.6 Å². The molecule has 0 aliphatic heterocycles. The van der Waals surface area contributed by atoms with Crippen LogP contribution < -0.4 is 11.5 Å². The monoisotopic (exact) mass is 221 g/mol. The lowest BCUT2D eigenvalue weighted by atomic mass is 10.2. The van der Waals surface area contributed by atoms with Crippen molar-refractivity contribution >= 4 is 23.3 Å². The summed E-state index contributed by atoms with van der Waals surface area (Å²) in [5, 5.41) is -0.134. The van der Waals surface area contributed by atoms with Crippen LogP contribution in [0.2, 0.25) is 5.02 Å². The Hall–Kier alpha value is -1.43. The minimum atomic E-state index is -2.87. The summed E-state index contributed by atoms with van der Waals surface area (Å²) in [7, 11) is 0. The normalized spacial score (nSPS) is 10.6. The van der Waals surface area contributed by atoms with Crippen LogP contribution in [-0.2, 0) is 0 Å². The van der Waals surface area contributed by atoms with Crippen LogP contribution in [0.5, 0.6) is 0 Å². The molecule has 0 saturated heterocycles. The van der Waals surface area contributed by atoms with Gasteiger partial charge in [-0.15, -0.1) is 0 Å². The molecule has 0 atom stereocenters. The highest BCUT2D eigenvalue weighted by molar-refractivity contribution is 6.32. The molecule has 1 aromatic heterocycles. The van der Waals surface area contributed by atoms with Crippen LogP contribution in [0.3, 0.4) is 0 Å². The molecule has 76 valence electrons. The number of alkyl halides is 2. The molecular weight excluding hydrogens is 216 g/mol. The fourth-order valence-corrected chi connectivity index (χ4v) is 1.04.